The second-order valence-corrected chi connectivity index (χ2v) is 5.91. The van der Waals surface area contributed by atoms with Gasteiger partial charge in [-0.1, -0.05) is 60.7 Å². The zero-order valence-electron chi connectivity index (χ0n) is 14.7. The summed E-state index contributed by atoms with van der Waals surface area (Å²) in [6.07, 6.45) is 9.37. The lowest BCUT2D eigenvalue weighted by molar-refractivity contribution is 0.465. The van der Waals surface area contributed by atoms with Crippen LogP contribution in [0.2, 0.25) is 0 Å². The van der Waals surface area contributed by atoms with E-state index in [1.165, 1.54) is 0 Å². The van der Waals surface area contributed by atoms with Gasteiger partial charge in [-0.15, -0.1) is 26.3 Å². The highest BCUT2D eigenvalue weighted by molar-refractivity contribution is 5.45. The topological polar surface area (TPSA) is 9.23 Å². The van der Waals surface area contributed by atoms with Gasteiger partial charge in [0.1, 0.15) is 11.5 Å². The SMILES string of the molecule is C=CCC(C=C)c1ccccc1Oc1ccccc1C(C=C)CC=C. The van der Waals surface area contributed by atoms with E-state index in [9.17, 15) is 0 Å². The van der Waals surface area contributed by atoms with Crippen LogP contribution in [0.25, 0.3) is 0 Å². The molecule has 0 aliphatic carbocycles. The van der Waals surface area contributed by atoms with E-state index in [1.807, 2.05) is 60.7 Å². The van der Waals surface area contributed by atoms with Crippen LogP contribution in [0, 0.1) is 0 Å². The van der Waals surface area contributed by atoms with Crippen LogP contribution in [-0.4, -0.2) is 0 Å². The summed E-state index contributed by atoms with van der Waals surface area (Å²) in [5.74, 6) is 2.07. The fourth-order valence-electron chi connectivity index (χ4n) is 2.94. The minimum Gasteiger partial charge on any atom is -0.457 e. The maximum Gasteiger partial charge on any atom is 0.131 e. The molecule has 2 atom stereocenters. The van der Waals surface area contributed by atoms with Crippen LogP contribution < -0.4 is 4.74 Å². The molecular formula is C24H26O. The van der Waals surface area contributed by atoms with Crippen molar-refractivity contribution in [2.75, 3.05) is 0 Å². The van der Waals surface area contributed by atoms with E-state index in [4.69, 9.17) is 4.74 Å². The summed E-state index contributed by atoms with van der Waals surface area (Å²) in [5.41, 5.74) is 2.23. The van der Waals surface area contributed by atoms with Crippen molar-refractivity contribution in [2.24, 2.45) is 0 Å². The molecule has 0 bridgehead atoms. The Kier molecular flexibility index (Phi) is 7.03. The van der Waals surface area contributed by atoms with Crippen molar-refractivity contribution in [3.05, 3.63) is 110 Å². The predicted molar refractivity (Wildman–Crippen MR) is 108 cm³/mol. The third kappa shape index (κ3) is 4.60. The number of hydrogen-bond acceptors (Lipinski definition) is 1. The standard InChI is InChI=1S/C24H26O/c1-5-13-19(7-3)21-15-9-11-17-23(21)25-24-18-12-10-16-22(24)20(8-4)14-6-2/h5-12,15-20H,1-4,13-14H2. The normalized spacial score (nSPS) is 12.6. The molecule has 1 nitrogen and oxygen atoms in total. The Morgan fingerprint density at radius 3 is 1.44 bits per heavy atom. The highest BCUT2D eigenvalue weighted by Crippen LogP contribution is 2.37. The lowest BCUT2D eigenvalue weighted by Gasteiger charge is -2.20. The lowest BCUT2D eigenvalue weighted by Crippen LogP contribution is -2.01. The van der Waals surface area contributed by atoms with Crippen LogP contribution in [-0.2, 0) is 0 Å². The third-order valence-electron chi connectivity index (χ3n) is 4.27. The average Bonchev–Trinajstić information content (AvgIpc) is 2.65. The van der Waals surface area contributed by atoms with E-state index in [1.54, 1.807) is 0 Å². The molecule has 0 aromatic heterocycles. The van der Waals surface area contributed by atoms with Crippen molar-refractivity contribution >= 4 is 0 Å². The van der Waals surface area contributed by atoms with E-state index in [-0.39, 0.29) is 11.8 Å². The van der Waals surface area contributed by atoms with Crippen LogP contribution in [0.3, 0.4) is 0 Å². The molecule has 2 aromatic rings. The molecule has 128 valence electrons. The van der Waals surface area contributed by atoms with Gasteiger partial charge in [-0.3, -0.25) is 0 Å². The third-order valence-corrected chi connectivity index (χ3v) is 4.27. The van der Waals surface area contributed by atoms with E-state index in [2.05, 4.69) is 38.4 Å². The predicted octanol–water partition coefficient (Wildman–Crippen LogP) is 7.17. The number of benzene rings is 2. The van der Waals surface area contributed by atoms with Gasteiger partial charge in [0.15, 0.2) is 0 Å². The Bertz CT molecular complexity index is 678. The fourth-order valence-corrected chi connectivity index (χ4v) is 2.94. The zero-order chi connectivity index (χ0) is 18.1. The summed E-state index contributed by atoms with van der Waals surface area (Å²) in [7, 11) is 0. The van der Waals surface area contributed by atoms with Gasteiger partial charge in [0.25, 0.3) is 0 Å². The van der Waals surface area contributed by atoms with Crippen molar-refractivity contribution in [3.63, 3.8) is 0 Å². The van der Waals surface area contributed by atoms with Gasteiger partial charge in [-0.05, 0) is 25.0 Å². The van der Waals surface area contributed by atoms with Crippen LogP contribution >= 0.6 is 0 Å². The molecule has 1 heteroatoms. The van der Waals surface area contributed by atoms with Crippen LogP contribution in [0.1, 0.15) is 35.8 Å². The molecule has 0 radical (unpaired) electrons. The molecule has 25 heavy (non-hydrogen) atoms. The van der Waals surface area contributed by atoms with E-state index < -0.39 is 0 Å². The Labute approximate surface area is 151 Å². The first-order valence-corrected chi connectivity index (χ1v) is 8.57. The molecule has 2 unspecified atom stereocenters. The Morgan fingerprint density at radius 2 is 1.08 bits per heavy atom. The van der Waals surface area contributed by atoms with Gasteiger partial charge in [0.2, 0.25) is 0 Å². The van der Waals surface area contributed by atoms with Gasteiger partial charge in [0, 0.05) is 23.0 Å². The Hall–Kier alpha value is -2.80. The number of allylic oxidation sites excluding steroid dienone is 4. The van der Waals surface area contributed by atoms with E-state index in [0.717, 1.165) is 35.5 Å². The first kappa shape index (κ1) is 18.5. The van der Waals surface area contributed by atoms with Gasteiger partial charge < -0.3 is 4.74 Å². The molecule has 0 amide bonds. The molecule has 0 aliphatic rings. The Balaban J connectivity index is 2.41. The first-order chi connectivity index (χ1) is 12.2. The minimum atomic E-state index is 0.184. The maximum absolute atomic E-state index is 6.33. The van der Waals surface area contributed by atoms with Crippen LogP contribution in [0.5, 0.6) is 11.5 Å². The van der Waals surface area contributed by atoms with Crippen LogP contribution in [0.15, 0.2) is 99.2 Å². The highest BCUT2D eigenvalue weighted by atomic mass is 16.5. The molecule has 2 rings (SSSR count). The quantitative estimate of drug-likeness (QED) is 0.419. The largest absolute Gasteiger partial charge is 0.457 e. The summed E-state index contributed by atoms with van der Waals surface area (Å²) in [6, 6.07) is 16.2. The lowest BCUT2D eigenvalue weighted by atomic mass is 9.94. The molecule has 0 fully saturated rings. The van der Waals surface area contributed by atoms with Gasteiger partial charge >= 0.3 is 0 Å². The van der Waals surface area contributed by atoms with Gasteiger partial charge in [-0.2, -0.15) is 0 Å². The monoisotopic (exact) mass is 330 g/mol. The molecule has 0 spiro atoms. The summed E-state index contributed by atoms with van der Waals surface area (Å²) in [5, 5.41) is 0. The van der Waals surface area contributed by atoms with E-state index >= 15 is 0 Å². The van der Waals surface area contributed by atoms with Crippen molar-refractivity contribution in [3.8, 4) is 11.5 Å². The van der Waals surface area contributed by atoms with Crippen LogP contribution in [0.4, 0.5) is 0 Å². The minimum absolute atomic E-state index is 0.184. The molecule has 0 heterocycles. The summed E-state index contributed by atoms with van der Waals surface area (Å²) >= 11 is 0. The number of ether oxygens (including phenoxy) is 1. The van der Waals surface area contributed by atoms with Gasteiger partial charge in [-0.25, -0.2) is 0 Å². The summed E-state index contributed by atoms with van der Waals surface area (Å²) in [4.78, 5) is 0. The summed E-state index contributed by atoms with van der Waals surface area (Å²) in [6.45, 7) is 15.6. The van der Waals surface area contributed by atoms with Crippen molar-refractivity contribution in [1.82, 2.24) is 0 Å². The summed E-state index contributed by atoms with van der Waals surface area (Å²) < 4.78 is 6.33. The molecule has 0 N–H and O–H groups in total. The second kappa shape index (κ2) is 9.48. The highest BCUT2D eigenvalue weighted by Gasteiger charge is 2.16. The Morgan fingerprint density at radius 1 is 0.680 bits per heavy atom. The first-order valence-electron chi connectivity index (χ1n) is 8.57. The second-order valence-electron chi connectivity index (χ2n) is 5.91. The molecular weight excluding hydrogens is 304 g/mol. The van der Waals surface area contributed by atoms with Gasteiger partial charge in [0.05, 0.1) is 0 Å². The molecule has 0 aliphatic heterocycles. The van der Waals surface area contributed by atoms with Crippen molar-refractivity contribution in [2.45, 2.75) is 24.7 Å². The smallest absolute Gasteiger partial charge is 0.131 e. The number of para-hydroxylation sites is 2. The van der Waals surface area contributed by atoms with Crippen molar-refractivity contribution < 1.29 is 4.74 Å². The number of rotatable bonds is 10. The van der Waals surface area contributed by atoms with Crippen molar-refractivity contribution in [1.29, 1.82) is 0 Å². The number of hydrogen-bond donors (Lipinski definition) is 0. The molecule has 0 saturated carbocycles. The average molecular weight is 330 g/mol. The zero-order valence-corrected chi connectivity index (χ0v) is 14.7. The fraction of sp³-hybridized carbons (Fsp3) is 0.167. The molecule has 0 saturated heterocycles. The molecule has 2 aromatic carbocycles. The maximum atomic E-state index is 6.33. The van der Waals surface area contributed by atoms with E-state index in [0.29, 0.717) is 0 Å².